The minimum atomic E-state index is 0.668. The zero-order valence-corrected chi connectivity index (χ0v) is 13.3. The van der Waals surface area contributed by atoms with Gasteiger partial charge in [-0.3, -0.25) is 0 Å². The van der Waals surface area contributed by atoms with Gasteiger partial charge in [0.15, 0.2) is 0 Å². The highest BCUT2D eigenvalue weighted by Crippen LogP contribution is 2.29. The first-order chi connectivity index (χ1) is 9.15. The van der Waals surface area contributed by atoms with Crippen molar-refractivity contribution in [1.82, 2.24) is 10.6 Å². The Morgan fingerprint density at radius 3 is 2.68 bits per heavy atom. The van der Waals surface area contributed by atoms with Gasteiger partial charge in [-0.05, 0) is 63.8 Å². The van der Waals surface area contributed by atoms with Gasteiger partial charge in [0.05, 0.1) is 0 Å². The highest BCUT2D eigenvalue weighted by atomic mass is 15.0. The summed E-state index contributed by atoms with van der Waals surface area (Å²) in [7, 11) is 0. The van der Waals surface area contributed by atoms with E-state index in [4.69, 9.17) is 0 Å². The van der Waals surface area contributed by atoms with Gasteiger partial charge in [-0.15, -0.1) is 0 Å². The number of rotatable bonds is 4. The van der Waals surface area contributed by atoms with E-state index < -0.39 is 0 Å². The maximum Gasteiger partial charge on any atom is 0.00817 e. The molecule has 2 N–H and O–H groups in total. The van der Waals surface area contributed by atoms with Gasteiger partial charge in [0, 0.05) is 18.1 Å². The smallest absolute Gasteiger partial charge is 0.00817 e. The molecule has 0 amide bonds. The summed E-state index contributed by atoms with van der Waals surface area (Å²) in [5, 5.41) is 7.62. The molecule has 1 aliphatic carbocycles. The molecule has 2 fully saturated rings. The van der Waals surface area contributed by atoms with Crippen LogP contribution in [0.5, 0.6) is 0 Å². The Morgan fingerprint density at radius 1 is 1.05 bits per heavy atom. The van der Waals surface area contributed by atoms with Crippen molar-refractivity contribution in [3.05, 3.63) is 0 Å². The normalized spacial score (nSPS) is 38.7. The first-order valence-electron chi connectivity index (χ1n) is 8.64. The van der Waals surface area contributed by atoms with E-state index in [2.05, 4.69) is 31.4 Å². The van der Waals surface area contributed by atoms with E-state index in [9.17, 15) is 0 Å². The summed E-state index contributed by atoms with van der Waals surface area (Å²) < 4.78 is 0. The van der Waals surface area contributed by atoms with Crippen molar-refractivity contribution in [2.24, 2.45) is 11.8 Å². The first kappa shape index (κ1) is 15.3. The fourth-order valence-electron chi connectivity index (χ4n) is 3.90. The molecule has 0 spiro atoms. The quantitative estimate of drug-likeness (QED) is 0.810. The molecule has 2 nitrogen and oxygen atoms in total. The molecule has 0 bridgehead atoms. The van der Waals surface area contributed by atoms with Crippen molar-refractivity contribution in [3.8, 4) is 0 Å². The van der Waals surface area contributed by atoms with E-state index >= 15 is 0 Å². The van der Waals surface area contributed by atoms with Gasteiger partial charge in [-0.1, -0.05) is 26.7 Å². The molecular weight excluding hydrogens is 232 g/mol. The molecule has 1 saturated carbocycles. The van der Waals surface area contributed by atoms with Crippen LogP contribution in [-0.4, -0.2) is 24.7 Å². The number of nitrogens with one attached hydrogen (secondary N) is 2. The Kier molecular flexibility index (Phi) is 6.15. The van der Waals surface area contributed by atoms with E-state index in [1.807, 2.05) is 0 Å². The van der Waals surface area contributed by atoms with Gasteiger partial charge >= 0.3 is 0 Å². The van der Waals surface area contributed by atoms with E-state index in [1.165, 1.54) is 57.9 Å². The van der Waals surface area contributed by atoms with Crippen LogP contribution >= 0.6 is 0 Å². The molecule has 1 aliphatic heterocycles. The van der Waals surface area contributed by atoms with Crippen LogP contribution in [0.15, 0.2) is 0 Å². The maximum absolute atomic E-state index is 3.90. The zero-order valence-electron chi connectivity index (χ0n) is 13.3. The molecule has 5 atom stereocenters. The van der Waals surface area contributed by atoms with E-state index in [0.29, 0.717) is 6.04 Å². The van der Waals surface area contributed by atoms with Crippen molar-refractivity contribution in [2.75, 3.05) is 6.54 Å². The largest absolute Gasteiger partial charge is 0.314 e. The van der Waals surface area contributed by atoms with Crippen LogP contribution in [0.25, 0.3) is 0 Å². The molecule has 0 aromatic carbocycles. The van der Waals surface area contributed by atoms with Gasteiger partial charge in [0.1, 0.15) is 0 Å². The van der Waals surface area contributed by atoms with E-state index in [0.717, 1.165) is 23.9 Å². The Balaban J connectivity index is 1.69. The fourth-order valence-corrected chi connectivity index (χ4v) is 3.90. The second kappa shape index (κ2) is 7.64. The van der Waals surface area contributed by atoms with Crippen molar-refractivity contribution in [2.45, 2.75) is 90.3 Å². The summed E-state index contributed by atoms with van der Waals surface area (Å²) in [6.07, 6.45) is 11.1. The molecule has 0 aromatic heterocycles. The van der Waals surface area contributed by atoms with Crippen LogP contribution in [0, 0.1) is 11.8 Å². The zero-order chi connectivity index (χ0) is 13.7. The summed E-state index contributed by atoms with van der Waals surface area (Å²) >= 11 is 0. The topological polar surface area (TPSA) is 24.1 Å². The Hall–Kier alpha value is -0.0800. The van der Waals surface area contributed by atoms with Gasteiger partial charge in [0.25, 0.3) is 0 Å². The summed E-state index contributed by atoms with van der Waals surface area (Å²) in [6.45, 7) is 8.46. The molecular formula is C17H34N2. The first-order valence-corrected chi connectivity index (χ1v) is 8.64. The molecule has 2 aliphatic rings. The fraction of sp³-hybridized carbons (Fsp3) is 1.00. The predicted octanol–water partition coefficient (Wildman–Crippen LogP) is 3.71. The number of hydrogen-bond acceptors (Lipinski definition) is 2. The van der Waals surface area contributed by atoms with Gasteiger partial charge in [-0.2, -0.15) is 0 Å². The predicted molar refractivity (Wildman–Crippen MR) is 83.4 cm³/mol. The minimum absolute atomic E-state index is 0.668. The Labute approximate surface area is 120 Å². The molecule has 112 valence electrons. The second-order valence-corrected chi connectivity index (χ2v) is 7.27. The molecule has 2 heteroatoms. The van der Waals surface area contributed by atoms with Gasteiger partial charge in [-0.25, -0.2) is 0 Å². The summed E-state index contributed by atoms with van der Waals surface area (Å²) in [6, 6.07) is 2.19. The molecule has 19 heavy (non-hydrogen) atoms. The van der Waals surface area contributed by atoms with Crippen LogP contribution in [0.3, 0.4) is 0 Å². The van der Waals surface area contributed by atoms with Crippen molar-refractivity contribution in [1.29, 1.82) is 0 Å². The molecule has 0 radical (unpaired) electrons. The third-order valence-electron chi connectivity index (χ3n) is 5.42. The summed E-state index contributed by atoms with van der Waals surface area (Å²) in [5.41, 5.74) is 0. The molecule has 1 saturated heterocycles. The highest BCUT2D eigenvalue weighted by molar-refractivity contribution is 4.83. The van der Waals surface area contributed by atoms with Gasteiger partial charge < -0.3 is 10.6 Å². The van der Waals surface area contributed by atoms with Crippen molar-refractivity contribution >= 4 is 0 Å². The maximum atomic E-state index is 3.90. The van der Waals surface area contributed by atoms with Crippen LogP contribution in [0.1, 0.15) is 72.1 Å². The van der Waals surface area contributed by atoms with Crippen LogP contribution < -0.4 is 10.6 Å². The Morgan fingerprint density at radius 2 is 1.89 bits per heavy atom. The molecule has 1 heterocycles. The average molecular weight is 266 g/mol. The lowest BCUT2D eigenvalue weighted by atomic mass is 9.79. The Bertz CT molecular complexity index is 246. The SMILES string of the molecule is CC(CC1CCCCCN1)NC1CCC(C)C(C)C1. The van der Waals surface area contributed by atoms with Crippen LogP contribution in [-0.2, 0) is 0 Å². The lowest BCUT2D eigenvalue weighted by Gasteiger charge is -2.35. The number of hydrogen-bond donors (Lipinski definition) is 2. The van der Waals surface area contributed by atoms with Gasteiger partial charge in [0.2, 0.25) is 0 Å². The van der Waals surface area contributed by atoms with Crippen LogP contribution in [0.4, 0.5) is 0 Å². The standard InChI is InChI=1S/C17H34N2/c1-13-8-9-17(11-14(13)2)19-15(3)12-16-7-5-4-6-10-18-16/h13-19H,4-12H2,1-3H3. The lowest BCUT2D eigenvalue weighted by molar-refractivity contribution is 0.212. The van der Waals surface area contributed by atoms with Crippen LogP contribution in [0.2, 0.25) is 0 Å². The monoisotopic (exact) mass is 266 g/mol. The van der Waals surface area contributed by atoms with Crippen molar-refractivity contribution < 1.29 is 0 Å². The molecule has 5 unspecified atom stereocenters. The minimum Gasteiger partial charge on any atom is -0.314 e. The van der Waals surface area contributed by atoms with E-state index in [-0.39, 0.29) is 0 Å². The summed E-state index contributed by atoms with van der Waals surface area (Å²) in [5.74, 6) is 1.83. The lowest BCUT2D eigenvalue weighted by Crippen LogP contribution is -2.44. The third kappa shape index (κ3) is 5.07. The third-order valence-corrected chi connectivity index (χ3v) is 5.42. The second-order valence-electron chi connectivity index (χ2n) is 7.27. The highest BCUT2D eigenvalue weighted by Gasteiger charge is 2.25. The average Bonchev–Trinajstić information content (AvgIpc) is 2.62. The summed E-state index contributed by atoms with van der Waals surface area (Å²) in [4.78, 5) is 0. The molecule has 0 aromatic rings. The van der Waals surface area contributed by atoms with E-state index in [1.54, 1.807) is 0 Å². The molecule has 2 rings (SSSR count). The van der Waals surface area contributed by atoms with Crippen molar-refractivity contribution in [3.63, 3.8) is 0 Å².